The smallest absolute Gasteiger partial charge is 0.000157 e. The van der Waals surface area contributed by atoms with Crippen molar-refractivity contribution in [3.8, 4) is 0 Å². The summed E-state index contributed by atoms with van der Waals surface area (Å²) in [5, 5.41) is 0. The van der Waals surface area contributed by atoms with E-state index in [9.17, 15) is 0 Å². The van der Waals surface area contributed by atoms with E-state index in [1.54, 1.807) is 0 Å². The number of hydrogen-bond donors (Lipinski definition) is 1. The van der Waals surface area contributed by atoms with Gasteiger partial charge in [-0.15, -0.1) is 0 Å². The van der Waals surface area contributed by atoms with E-state index in [0.717, 1.165) is 12.8 Å². The van der Waals surface area contributed by atoms with Crippen LogP contribution in [0.25, 0.3) is 0 Å². The standard InChI is InChI=1S/C18H23N/c1-3-15-8-10-17(11-9-15)18(13-19)12-16-6-4-14(2)5-7-16/h4-11,18H,3,12-13,19H2,1-2H3. The SMILES string of the molecule is CCc1ccc(C(CN)Cc2ccc(C)cc2)cc1. The third-order valence-corrected chi connectivity index (χ3v) is 3.75. The van der Waals surface area contributed by atoms with Crippen molar-refractivity contribution in [3.05, 3.63) is 70.8 Å². The molecule has 0 saturated heterocycles. The van der Waals surface area contributed by atoms with Crippen LogP contribution in [0.5, 0.6) is 0 Å². The molecular formula is C18H23N. The first-order chi connectivity index (χ1) is 9.22. The highest BCUT2D eigenvalue weighted by molar-refractivity contribution is 5.29. The largest absolute Gasteiger partial charge is 0.330 e. The van der Waals surface area contributed by atoms with Crippen LogP contribution >= 0.6 is 0 Å². The second-order valence-electron chi connectivity index (χ2n) is 5.22. The van der Waals surface area contributed by atoms with Gasteiger partial charge in [0, 0.05) is 5.92 Å². The number of rotatable bonds is 5. The first-order valence-corrected chi connectivity index (χ1v) is 7.07. The molecule has 0 heterocycles. The molecule has 0 spiro atoms. The molecule has 0 bridgehead atoms. The molecule has 0 amide bonds. The molecule has 1 atom stereocenters. The normalized spacial score (nSPS) is 12.4. The number of hydrogen-bond acceptors (Lipinski definition) is 1. The minimum atomic E-state index is 0.411. The van der Waals surface area contributed by atoms with E-state index >= 15 is 0 Å². The quantitative estimate of drug-likeness (QED) is 0.860. The molecule has 2 N–H and O–H groups in total. The molecule has 0 aliphatic heterocycles. The van der Waals surface area contributed by atoms with Gasteiger partial charge in [0.15, 0.2) is 0 Å². The predicted octanol–water partition coefficient (Wildman–Crippen LogP) is 3.84. The Morgan fingerprint density at radius 1 is 0.895 bits per heavy atom. The maximum absolute atomic E-state index is 5.95. The Balaban J connectivity index is 2.12. The molecule has 19 heavy (non-hydrogen) atoms. The molecule has 0 radical (unpaired) electrons. The minimum Gasteiger partial charge on any atom is -0.330 e. The Morgan fingerprint density at radius 2 is 1.47 bits per heavy atom. The van der Waals surface area contributed by atoms with Crippen LogP contribution in [0.4, 0.5) is 0 Å². The zero-order valence-corrected chi connectivity index (χ0v) is 11.9. The summed E-state index contributed by atoms with van der Waals surface area (Å²) >= 11 is 0. The molecule has 2 aromatic rings. The minimum absolute atomic E-state index is 0.411. The van der Waals surface area contributed by atoms with Gasteiger partial charge in [-0.2, -0.15) is 0 Å². The molecule has 2 aromatic carbocycles. The van der Waals surface area contributed by atoms with Gasteiger partial charge in [-0.3, -0.25) is 0 Å². The van der Waals surface area contributed by atoms with Gasteiger partial charge >= 0.3 is 0 Å². The van der Waals surface area contributed by atoms with Crippen LogP contribution in [-0.2, 0) is 12.8 Å². The van der Waals surface area contributed by atoms with Crippen LogP contribution in [0.2, 0.25) is 0 Å². The lowest BCUT2D eigenvalue weighted by molar-refractivity contribution is 0.694. The molecular weight excluding hydrogens is 230 g/mol. The second kappa shape index (κ2) is 6.53. The lowest BCUT2D eigenvalue weighted by atomic mass is 9.91. The fourth-order valence-electron chi connectivity index (χ4n) is 2.37. The van der Waals surface area contributed by atoms with Gasteiger partial charge in [0.05, 0.1) is 0 Å². The summed E-state index contributed by atoms with van der Waals surface area (Å²) in [6, 6.07) is 17.6. The van der Waals surface area contributed by atoms with Crippen molar-refractivity contribution < 1.29 is 0 Å². The molecule has 0 aliphatic carbocycles. The van der Waals surface area contributed by atoms with Crippen molar-refractivity contribution in [2.75, 3.05) is 6.54 Å². The predicted molar refractivity (Wildman–Crippen MR) is 82.5 cm³/mol. The number of aryl methyl sites for hydroxylation is 2. The van der Waals surface area contributed by atoms with E-state index in [0.29, 0.717) is 12.5 Å². The van der Waals surface area contributed by atoms with Crippen LogP contribution in [0.15, 0.2) is 48.5 Å². The summed E-state index contributed by atoms with van der Waals surface area (Å²) in [6.07, 6.45) is 2.10. The molecule has 100 valence electrons. The van der Waals surface area contributed by atoms with Gasteiger partial charge < -0.3 is 5.73 Å². The zero-order chi connectivity index (χ0) is 13.7. The topological polar surface area (TPSA) is 26.0 Å². The lowest BCUT2D eigenvalue weighted by Gasteiger charge is -2.16. The third kappa shape index (κ3) is 3.68. The maximum atomic E-state index is 5.95. The van der Waals surface area contributed by atoms with Crippen LogP contribution in [0.3, 0.4) is 0 Å². The van der Waals surface area contributed by atoms with Gasteiger partial charge in [-0.1, -0.05) is 61.0 Å². The Hall–Kier alpha value is -1.60. The molecule has 0 aromatic heterocycles. The highest BCUT2D eigenvalue weighted by atomic mass is 14.5. The van der Waals surface area contributed by atoms with Crippen molar-refractivity contribution in [2.45, 2.75) is 32.6 Å². The van der Waals surface area contributed by atoms with E-state index in [1.165, 1.54) is 22.3 Å². The van der Waals surface area contributed by atoms with E-state index in [1.807, 2.05) is 0 Å². The van der Waals surface area contributed by atoms with Gasteiger partial charge in [0.25, 0.3) is 0 Å². The van der Waals surface area contributed by atoms with Crippen LogP contribution in [0, 0.1) is 6.92 Å². The van der Waals surface area contributed by atoms with Crippen molar-refractivity contribution >= 4 is 0 Å². The molecule has 2 rings (SSSR count). The van der Waals surface area contributed by atoms with Crippen LogP contribution in [0.1, 0.15) is 35.1 Å². The summed E-state index contributed by atoms with van der Waals surface area (Å²) in [7, 11) is 0. The van der Waals surface area contributed by atoms with Crippen molar-refractivity contribution in [1.82, 2.24) is 0 Å². The van der Waals surface area contributed by atoms with Crippen LogP contribution < -0.4 is 5.73 Å². The van der Waals surface area contributed by atoms with Crippen molar-refractivity contribution in [1.29, 1.82) is 0 Å². The van der Waals surface area contributed by atoms with E-state index in [2.05, 4.69) is 62.4 Å². The van der Waals surface area contributed by atoms with Gasteiger partial charge in [-0.05, 0) is 43.0 Å². The van der Waals surface area contributed by atoms with Crippen molar-refractivity contribution in [2.24, 2.45) is 5.73 Å². The first kappa shape index (κ1) is 13.8. The average Bonchev–Trinajstić information content (AvgIpc) is 2.47. The Morgan fingerprint density at radius 3 is 2.00 bits per heavy atom. The second-order valence-corrected chi connectivity index (χ2v) is 5.22. The van der Waals surface area contributed by atoms with E-state index < -0.39 is 0 Å². The fourth-order valence-corrected chi connectivity index (χ4v) is 2.37. The highest BCUT2D eigenvalue weighted by Gasteiger charge is 2.10. The molecule has 1 unspecified atom stereocenters. The maximum Gasteiger partial charge on any atom is 0.000157 e. The summed E-state index contributed by atoms with van der Waals surface area (Å²) in [4.78, 5) is 0. The van der Waals surface area contributed by atoms with Gasteiger partial charge in [0.1, 0.15) is 0 Å². The zero-order valence-electron chi connectivity index (χ0n) is 11.9. The molecule has 0 saturated carbocycles. The Kier molecular flexibility index (Phi) is 4.75. The van der Waals surface area contributed by atoms with Crippen LogP contribution in [-0.4, -0.2) is 6.54 Å². The molecule has 0 aliphatic rings. The Bertz CT molecular complexity index is 496. The summed E-state index contributed by atoms with van der Waals surface area (Å²) < 4.78 is 0. The number of benzene rings is 2. The lowest BCUT2D eigenvalue weighted by Crippen LogP contribution is -2.15. The molecule has 0 fully saturated rings. The summed E-state index contributed by atoms with van der Waals surface area (Å²) in [5.74, 6) is 0.411. The highest BCUT2D eigenvalue weighted by Crippen LogP contribution is 2.21. The third-order valence-electron chi connectivity index (χ3n) is 3.75. The molecule has 1 nitrogen and oxygen atoms in total. The Labute approximate surface area is 116 Å². The average molecular weight is 253 g/mol. The summed E-state index contributed by atoms with van der Waals surface area (Å²) in [5.41, 5.74) is 11.4. The monoisotopic (exact) mass is 253 g/mol. The van der Waals surface area contributed by atoms with Gasteiger partial charge in [-0.25, -0.2) is 0 Å². The van der Waals surface area contributed by atoms with Crippen molar-refractivity contribution in [3.63, 3.8) is 0 Å². The molecule has 1 heteroatoms. The van der Waals surface area contributed by atoms with Gasteiger partial charge in [0.2, 0.25) is 0 Å². The first-order valence-electron chi connectivity index (χ1n) is 7.07. The van der Waals surface area contributed by atoms with E-state index in [-0.39, 0.29) is 0 Å². The summed E-state index contributed by atoms with van der Waals surface area (Å²) in [6.45, 7) is 4.99. The fraction of sp³-hybridized carbons (Fsp3) is 0.333. The van der Waals surface area contributed by atoms with E-state index in [4.69, 9.17) is 5.73 Å². The number of nitrogens with two attached hydrogens (primary N) is 1.